The summed E-state index contributed by atoms with van der Waals surface area (Å²) in [6, 6.07) is 0. The van der Waals surface area contributed by atoms with E-state index in [1.165, 1.54) is 0 Å². The molecule has 0 radical (unpaired) electrons. The third-order valence-corrected chi connectivity index (χ3v) is 12.9. The smallest absolute Gasteiger partial charge is 0.342 e. The maximum Gasteiger partial charge on any atom is 0.342 e. The highest BCUT2D eigenvalue weighted by molar-refractivity contribution is 7.23. The van der Waals surface area contributed by atoms with Gasteiger partial charge >= 0.3 is 23.8 Å². The van der Waals surface area contributed by atoms with Gasteiger partial charge in [0.25, 0.3) is 0 Å². The maximum absolute atomic E-state index is 6.21. The molecule has 0 saturated heterocycles. The fourth-order valence-corrected chi connectivity index (χ4v) is 12.0. The quantitative estimate of drug-likeness (QED) is 0.524. The summed E-state index contributed by atoms with van der Waals surface area (Å²) in [5.74, 6) is 0. The van der Waals surface area contributed by atoms with Crippen LogP contribution in [0.5, 0.6) is 0 Å². The Morgan fingerprint density at radius 1 is 0.812 bits per heavy atom. The molecule has 92 valence electrons. The third kappa shape index (κ3) is 5.63. The molecule has 0 aromatic heterocycles. The van der Waals surface area contributed by atoms with Crippen molar-refractivity contribution in [2.45, 2.75) is 19.6 Å². The van der Waals surface area contributed by atoms with E-state index in [-0.39, 0.29) is 0 Å². The van der Waals surface area contributed by atoms with Crippen LogP contribution in [-0.2, 0) is 8.23 Å². The first-order valence-corrected chi connectivity index (χ1v) is 14.2. The van der Waals surface area contributed by atoms with Gasteiger partial charge in [-0.15, -0.1) is 41.9 Å². The summed E-state index contributed by atoms with van der Waals surface area (Å²) in [6.07, 6.45) is 0. The van der Waals surface area contributed by atoms with E-state index in [2.05, 4.69) is 19.7 Å². The van der Waals surface area contributed by atoms with Crippen LogP contribution in [0.3, 0.4) is 0 Å². The average Bonchev–Trinajstić information content (AvgIpc) is 2.16. The van der Waals surface area contributed by atoms with Crippen LogP contribution >= 0.6 is 22.2 Å². The maximum atomic E-state index is 6.21. The topological polar surface area (TPSA) is 18.5 Å². The summed E-state index contributed by atoms with van der Waals surface area (Å²) in [5.41, 5.74) is 4.97. The van der Waals surface area contributed by atoms with Gasteiger partial charge < -0.3 is 8.23 Å². The minimum absolute atomic E-state index is 1.65. The van der Waals surface area contributed by atoms with Gasteiger partial charge in [0, 0.05) is 0 Å². The van der Waals surface area contributed by atoms with Crippen molar-refractivity contribution in [2.24, 2.45) is 0 Å². The van der Waals surface area contributed by atoms with Gasteiger partial charge in [-0.2, -0.15) is 0 Å². The first-order valence-electron chi connectivity index (χ1n) is 4.79. The predicted molar refractivity (Wildman–Crippen MR) is 79.3 cm³/mol. The van der Waals surface area contributed by atoms with Crippen LogP contribution in [0.2, 0.25) is 19.6 Å². The van der Waals surface area contributed by atoms with Gasteiger partial charge in [0.05, 0.1) is 0 Å². The van der Waals surface area contributed by atoms with Crippen molar-refractivity contribution < 1.29 is 8.23 Å². The van der Waals surface area contributed by atoms with Crippen LogP contribution in [0.15, 0.2) is 36.8 Å². The molecular weight excluding hydrogens is 295 g/mol. The second kappa shape index (κ2) is 5.81. The second-order valence-corrected chi connectivity index (χ2v) is 17.1. The van der Waals surface area contributed by atoms with Crippen molar-refractivity contribution in [3.8, 4) is 0 Å². The summed E-state index contributed by atoms with van der Waals surface area (Å²) in [6.45, 7) is 16.6. The normalized spacial score (nSPS) is 22.3. The fourth-order valence-electron chi connectivity index (χ4n) is 0.980. The van der Waals surface area contributed by atoms with Crippen molar-refractivity contribution in [2.75, 3.05) is 0 Å². The Labute approximate surface area is 110 Å². The summed E-state index contributed by atoms with van der Waals surface area (Å²) < 4.78 is 11.7. The van der Waals surface area contributed by atoms with Crippen LogP contribution in [0.4, 0.5) is 0 Å². The highest BCUT2D eigenvalue weighted by Gasteiger charge is 2.41. The Morgan fingerprint density at radius 2 is 1.12 bits per heavy atom. The zero-order valence-corrected chi connectivity index (χ0v) is 14.4. The summed E-state index contributed by atoms with van der Waals surface area (Å²) in [4.78, 5) is 0. The molecule has 0 bridgehead atoms. The number of hydrogen-bond donors (Lipinski definition) is 0. The van der Waals surface area contributed by atoms with Crippen LogP contribution in [0, 0.1) is 0 Å². The molecule has 2 unspecified atom stereocenters. The van der Waals surface area contributed by atoms with Crippen LogP contribution < -0.4 is 0 Å². The molecule has 0 spiro atoms. The van der Waals surface area contributed by atoms with Gasteiger partial charge in [-0.25, -0.2) is 0 Å². The SMILES string of the molecule is C=C[Si](C)(Cl)O[Si](C)(C=C)O[Si](C)(Cl)C=C. The lowest BCUT2D eigenvalue weighted by Gasteiger charge is -2.34. The van der Waals surface area contributed by atoms with E-state index in [4.69, 9.17) is 30.4 Å². The van der Waals surface area contributed by atoms with E-state index in [1.807, 2.05) is 19.6 Å². The monoisotopic (exact) mass is 312 g/mol. The van der Waals surface area contributed by atoms with Crippen LogP contribution in [0.1, 0.15) is 0 Å². The lowest BCUT2D eigenvalue weighted by molar-refractivity contribution is 0.419. The van der Waals surface area contributed by atoms with Crippen molar-refractivity contribution in [3.05, 3.63) is 36.8 Å². The molecular formula is C9H18Cl2O2Si3. The summed E-state index contributed by atoms with van der Waals surface area (Å²) >= 11 is 12.4. The average molecular weight is 313 g/mol. The molecule has 16 heavy (non-hydrogen) atoms. The molecule has 0 aliphatic heterocycles. The Kier molecular flexibility index (Phi) is 5.95. The summed E-state index contributed by atoms with van der Waals surface area (Å²) in [5, 5.41) is 0. The molecule has 0 aromatic carbocycles. The molecule has 2 nitrogen and oxygen atoms in total. The fraction of sp³-hybridized carbons (Fsp3) is 0.333. The van der Waals surface area contributed by atoms with E-state index in [0.717, 1.165) is 0 Å². The highest BCUT2D eigenvalue weighted by atomic mass is 35.6. The first-order chi connectivity index (χ1) is 7.10. The van der Waals surface area contributed by atoms with Crippen molar-refractivity contribution in [1.29, 1.82) is 0 Å². The zero-order chi connectivity index (χ0) is 13.0. The van der Waals surface area contributed by atoms with E-state index in [1.54, 1.807) is 17.1 Å². The number of rotatable bonds is 7. The Balaban J connectivity index is 4.86. The minimum atomic E-state index is -2.56. The molecule has 0 saturated carbocycles. The molecule has 0 aromatic rings. The molecule has 0 fully saturated rings. The van der Waals surface area contributed by atoms with Crippen LogP contribution in [0.25, 0.3) is 0 Å². The third-order valence-electron chi connectivity index (χ3n) is 1.90. The zero-order valence-electron chi connectivity index (χ0n) is 9.93. The molecule has 2 atom stereocenters. The predicted octanol–water partition coefficient (Wildman–Crippen LogP) is 3.89. The largest absolute Gasteiger partial charge is 0.418 e. The lowest BCUT2D eigenvalue weighted by Crippen LogP contribution is -2.50. The molecule has 0 heterocycles. The van der Waals surface area contributed by atoms with E-state index in [9.17, 15) is 0 Å². The Hall–Kier alpha value is 0.371. The standard InChI is InChI=1S/C9H18Cl2O2Si3/c1-7-14(4,10)12-16(6,9-3)13-15(5,11)8-2/h7-9H,1-3H2,4-6H3. The second-order valence-electron chi connectivity index (χ2n) is 3.80. The Bertz CT molecular complexity index is 270. The van der Waals surface area contributed by atoms with Crippen molar-refractivity contribution >= 4 is 46.0 Å². The van der Waals surface area contributed by atoms with E-state index >= 15 is 0 Å². The van der Waals surface area contributed by atoms with E-state index in [0.29, 0.717) is 0 Å². The molecule has 0 N–H and O–H groups in total. The molecule has 0 amide bonds. The van der Waals surface area contributed by atoms with E-state index < -0.39 is 23.8 Å². The molecule has 7 heteroatoms. The lowest BCUT2D eigenvalue weighted by atomic mass is 11.3. The summed E-state index contributed by atoms with van der Waals surface area (Å²) in [7, 11) is -7.39. The van der Waals surface area contributed by atoms with Gasteiger partial charge in [-0.05, 0) is 19.6 Å². The molecule has 0 aliphatic rings. The minimum Gasteiger partial charge on any atom is -0.418 e. The number of hydrogen-bond acceptors (Lipinski definition) is 2. The van der Waals surface area contributed by atoms with Crippen LogP contribution in [-0.4, -0.2) is 23.8 Å². The van der Waals surface area contributed by atoms with Crippen molar-refractivity contribution in [3.63, 3.8) is 0 Å². The van der Waals surface area contributed by atoms with Crippen molar-refractivity contribution in [1.82, 2.24) is 0 Å². The van der Waals surface area contributed by atoms with Gasteiger partial charge in [0.15, 0.2) is 0 Å². The van der Waals surface area contributed by atoms with Gasteiger partial charge in [-0.1, -0.05) is 17.1 Å². The number of halogens is 2. The first kappa shape index (κ1) is 16.4. The Morgan fingerprint density at radius 3 is 1.31 bits per heavy atom. The highest BCUT2D eigenvalue weighted by Crippen LogP contribution is 2.25. The van der Waals surface area contributed by atoms with Gasteiger partial charge in [0.1, 0.15) is 0 Å². The van der Waals surface area contributed by atoms with Gasteiger partial charge in [0.2, 0.25) is 0 Å². The van der Waals surface area contributed by atoms with Gasteiger partial charge in [-0.3, -0.25) is 0 Å². The molecule has 0 aliphatic carbocycles. The molecule has 0 rings (SSSR count).